The first-order chi connectivity index (χ1) is 10.6. The van der Waals surface area contributed by atoms with Crippen molar-refractivity contribution in [3.63, 3.8) is 0 Å². The zero-order chi connectivity index (χ0) is 15.7. The minimum Gasteiger partial charge on any atom is -0.397 e. The van der Waals surface area contributed by atoms with Gasteiger partial charge in [0.2, 0.25) is 0 Å². The monoisotopic (exact) mass is 400 g/mol. The number of aryl methyl sites for hydroxylation is 2. The predicted octanol–water partition coefficient (Wildman–Crippen LogP) is 2.62. The van der Waals surface area contributed by atoms with Crippen LogP contribution in [0.15, 0.2) is 24.3 Å². The zero-order valence-corrected chi connectivity index (χ0v) is 16.5. The maximum absolute atomic E-state index is 12.4. The fourth-order valence-corrected chi connectivity index (χ4v) is 3.23. The van der Waals surface area contributed by atoms with Crippen molar-refractivity contribution in [2.45, 2.75) is 20.4 Å². The van der Waals surface area contributed by atoms with Gasteiger partial charge in [0.15, 0.2) is 0 Å². The number of nitrogens with one attached hydrogen (secondary N) is 1. The van der Waals surface area contributed by atoms with Gasteiger partial charge in [-0.05, 0) is 19.4 Å². The second kappa shape index (κ2) is 7.47. The minimum atomic E-state index is -0.189. The summed E-state index contributed by atoms with van der Waals surface area (Å²) < 4.78 is 0. The standard InChI is InChI=1S/C16H15N4OS.Y/c1-9-10(2)19-20-16-12(9)13(17)14(22-16)15(21)18-8-11-6-4-3-5-7-11;/h4-7H,8,17H2,1-2H3,(H,18,21);/q-1;. The van der Waals surface area contributed by atoms with E-state index in [-0.39, 0.29) is 38.6 Å². The number of fused-ring (bicyclic) bond motifs is 1. The van der Waals surface area contributed by atoms with Gasteiger partial charge in [-0.25, -0.2) is 0 Å². The van der Waals surface area contributed by atoms with Gasteiger partial charge in [-0.15, -0.1) is 22.0 Å². The third-order valence-electron chi connectivity index (χ3n) is 3.58. The number of rotatable bonds is 3. The molecule has 7 heteroatoms. The van der Waals surface area contributed by atoms with Crippen LogP contribution in [0.2, 0.25) is 0 Å². The van der Waals surface area contributed by atoms with E-state index in [2.05, 4.69) is 21.6 Å². The van der Waals surface area contributed by atoms with Gasteiger partial charge >= 0.3 is 0 Å². The number of aromatic nitrogens is 2. The molecule has 0 saturated carbocycles. The normalized spacial score (nSPS) is 10.3. The topological polar surface area (TPSA) is 80.9 Å². The van der Waals surface area contributed by atoms with E-state index in [1.807, 2.05) is 38.1 Å². The van der Waals surface area contributed by atoms with Gasteiger partial charge < -0.3 is 11.1 Å². The Morgan fingerprint density at radius 1 is 1.30 bits per heavy atom. The number of nitrogen functional groups attached to an aromatic ring is 1. The van der Waals surface area contributed by atoms with Crippen LogP contribution in [0, 0.1) is 19.9 Å². The Morgan fingerprint density at radius 2 is 2.00 bits per heavy atom. The van der Waals surface area contributed by atoms with Crippen molar-refractivity contribution in [1.29, 1.82) is 0 Å². The smallest absolute Gasteiger partial charge is 0.263 e. The Hall–Kier alpha value is -1.37. The van der Waals surface area contributed by atoms with Crippen molar-refractivity contribution < 1.29 is 37.5 Å². The molecule has 115 valence electrons. The number of amides is 1. The third kappa shape index (κ3) is 3.60. The van der Waals surface area contributed by atoms with Crippen molar-refractivity contribution in [2.24, 2.45) is 0 Å². The average molecular weight is 400 g/mol. The molecule has 0 bridgehead atoms. The molecule has 3 N–H and O–H groups in total. The number of nitrogens with two attached hydrogens (primary N) is 1. The molecule has 0 atom stereocenters. The molecule has 0 saturated heterocycles. The van der Waals surface area contributed by atoms with Gasteiger partial charge in [-0.3, -0.25) is 4.79 Å². The summed E-state index contributed by atoms with van der Waals surface area (Å²) in [7, 11) is 0. The van der Waals surface area contributed by atoms with Crippen molar-refractivity contribution in [3.05, 3.63) is 52.0 Å². The summed E-state index contributed by atoms with van der Waals surface area (Å²) in [6.07, 6.45) is 0. The van der Waals surface area contributed by atoms with E-state index in [0.717, 1.165) is 22.2 Å². The van der Waals surface area contributed by atoms with Crippen LogP contribution < -0.4 is 11.1 Å². The fourth-order valence-electron chi connectivity index (χ4n) is 2.21. The molecule has 0 unspecified atom stereocenters. The van der Waals surface area contributed by atoms with Crippen molar-refractivity contribution in [2.75, 3.05) is 5.73 Å². The fraction of sp³-hybridized carbons (Fsp3) is 0.188. The van der Waals surface area contributed by atoms with Gasteiger partial charge in [0.05, 0.1) is 11.4 Å². The number of anilines is 1. The molecule has 3 rings (SSSR count). The van der Waals surface area contributed by atoms with Crippen molar-refractivity contribution >= 4 is 33.1 Å². The van der Waals surface area contributed by atoms with Crippen molar-refractivity contribution in [1.82, 2.24) is 15.5 Å². The Kier molecular flexibility index (Phi) is 5.84. The molecule has 0 spiro atoms. The number of nitrogens with zero attached hydrogens (tertiary/aromatic N) is 2. The molecule has 1 amide bonds. The Bertz CT molecular complexity index is 848. The molecule has 0 fully saturated rings. The Morgan fingerprint density at radius 3 is 2.70 bits per heavy atom. The molecule has 1 aromatic carbocycles. The molecule has 2 aromatic heterocycles. The summed E-state index contributed by atoms with van der Waals surface area (Å²) in [5, 5.41) is 11.9. The van der Waals surface area contributed by atoms with Crippen molar-refractivity contribution in [3.8, 4) is 0 Å². The van der Waals surface area contributed by atoms with Crippen LogP contribution in [0.25, 0.3) is 10.2 Å². The van der Waals surface area contributed by atoms with E-state index in [9.17, 15) is 4.79 Å². The van der Waals surface area contributed by atoms with Gasteiger partial charge in [0, 0.05) is 44.6 Å². The van der Waals surface area contributed by atoms with Crippen LogP contribution >= 0.6 is 11.3 Å². The number of carbonyl (C=O) groups excluding carboxylic acids is 1. The van der Waals surface area contributed by atoms with E-state index < -0.39 is 0 Å². The van der Waals surface area contributed by atoms with Crippen LogP contribution in [0.4, 0.5) is 5.69 Å². The first kappa shape index (κ1) is 18.0. The SMILES string of the molecule is Cc1nnc2sc(C(=O)NCc3cc[c-]cc3)c(N)c2c1C.[Y]. The molecule has 0 aliphatic heterocycles. The minimum absolute atomic E-state index is 0. The third-order valence-corrected chi connectivity index (χ3v) is 4.67. The van der Waals surface area contributed by atoms with Crippen LogP contribution in [-0.2, 0) is 39.3 Å². The largest absolute Gasteiger partial charge is 0.397 e. The van der Waals surface area contributed by atoms with E-state index in [4.69, 9.17) is 5.73 Å². The molecule has 1 radical (unpaired) electrons. The molecular formula is C16H15N4OSY-. The zero-order valence-electron chi connectivity index (χ0n) is 12.9. The molecule has 0 aliphatic rings. The predicted molar refractivity (Wildman–Crippen MR) is 87.7 cm³/mol. The number of hydrogen-bond donors (Lipinski definition) is 2. The number of thiophene rings is 1. The van der Waals surface area contributed by atoms with Gasteiger partial charge in [0.25, 0.3) is 5.91 Å². The summed E-state index contributed by atoms with van der Waals surface area (Å²) in [4.78, 5) is 13.5. The van der Waals surface area contributed by atoms with E-state index in [1.54, 1.807) is 0 Å². The molecule has 5 nitrogen and oxygen atoms in total. The van der Waals surface area contributed by atoms with E-state index in [1.165, 1.54) is 11.3 Å². The van der Waals surface area contributed by atoms with E-state index >= 15 is 0 Å². The summed E-state index contributed by atoms with van der Waals surface area (Å²) in [5.74, 6) is -0.189. The maximum atomic E-state index is 12.4. The van der Waals surface area contributed by atoms with Crippen LogP contribution in [0.3, 0.4) is 0 Å². The van der Waals surface area contributed by atoms with Crippen LogP contribution in [-0.4, -0.2) is 16.1 Å². The number of benzene rings is 1. The average Bonchev–Trinajstić information content (AvgIpc) is 2.87. The van der Waals surface area contributed by atoms with E-state index in [0.29, 0.717) is 21.9 Å². The molecular weight excluding hydrogens is 385 g/mol. The molecule has 23 heavy (non-hydrogen) atoms. The summed E-state index contributed by atoms with van der Waals surface area (Å²) in [6.45, 7) is 4.27. The van der Waals surface area contributed by atoms with Crippen LogP contribution in [0.5, 0.6) is 0 Å². The second-order valence-corrected chi connectivity index (χ2v) is 6.03. The summed E-state index contributed by atoms with van der Waals surface area (Å²) in [5.41, 5.74) is 9.44. The number of hydrogen-bond acceptors (Lipinski definition) is 5. The number of carbonyl (C=O) groups is 1. The second-order valence-electron chi connectivity index (χ2n) is 5.03. The molecule has 0 aliphatic carbocycles. The van der Waals surface area contributed by atoms with Gasteiger partial charge in [-0.2, -0.15) is 35.4 Å². The quantitative estimate of drug-likeness (QED) is 0.663. The molecule has 2 heterocycles. The first-order valence-electron chi connectivity index (χ1n) is 6.83. The maximum Gasteiger partial charge on any atom is 0.263 e. The van der Waals surface area contributed by atoms with Crippen LogP contribution in [0.1, 0.15) is 26.5 Å². The van der Waals surface area contributed by atoms with Gasteiger partial charge in [0.1, 0.15) is 9.71 Å². The summed E-state index contributed by atoms with van der Waals surface area (Å²) >= 11 is 1.27. The first-order valence-corrected chi connectivity index (χ1v) is 7.64. The Labute approximate surface area is 163 Å². The van der Waals surface area contributed by atoms with Gasteiger partial charge in [-0.1, -0.05) is 0 Å². The Balaban J connectivity index is 0.00000192. The summed E-state index contributed by atoms with van der Waals surface area (Å²) in [6, 6.07) is 10.4. The molecule has 3 aromatic rings.